The van der Waals surface area contributed by atoms with Gasteiger partial charge in [-0.2, -0.15) is 13.2 Å². The molecule has 1 amide bonds. The average Bonchev–Trinajstić information content (AvgIpc) is 2.54. The Morgan fingerprint density at radius 1 is 1.30 bits per heavy atom. The van der Waals surface area contributed by atoms with E-state index in [2.05, 4.69) is 5.32 Å². The van der Waals surface area contributed by atoms with Gasteiger partial charge in [0.2, 0.25) is 5.91 Å². The predicted octanol–water partition coefficient (Wildman–Crippen LogP) is 2.16. The first-order valence-electron chi connectivity index (χ1n) is 7.98. The fourth-order valence-corrected chi connectivity index (χ4v) is 2.75. The van der Waals surface area contributed by atoms with Gasteiger partial charge >= 0.3 is 6.18 Å². The third-order valence-electron chi connectivity index (χ3n) is 3.58. The smallest absolute Gasteiger partial charge is 0.419 e. The molecule has 1 aromatic rings. The number of hydrogen-bond acceptors (Lipinski definition) is 5. The minimum Gasteiger partial charge on any atom is -0.488 e. The Hall–Kier alpha value is -1.52. The highest BCUT2D eigenvalue weighted by atomic mass is 35.5. The van der Waals surface area contributed by atoms with Crippen molar-refractivity contribution >= 4 is 28.2 Å². The highest BCUT2D eigenvalue weighted by Gasteiger charge is 2.34. The third kappa shape index (κ3) is 9.30. The molecule has 6 nitrogen and oxygen atoms in total. The number of sulfone groups is 1. The molecule has 0 radical (unpaired) electrons. The van der Waals surface area contributed by atoms with Crippen LogP contribution in [-0.4, -0.2) is 45.0 Å². The summed E-state index contributed by atoms with van der Waals surface area (Å²) >= 11 is 0. The molecule has 0 fully saturated rings. The minimum absolute atomic E-state index is 0. The molecule has 156 valence electrons. The van der Waals surface area contributed by atoms with E-state index >= 15 is 0 Å². The van der Waals surface area contributed by atoms with Crippen LogP contribution in [0.4, 0.5) is 13.2 Å². The maximum absolute atomic E-state index is 13.0. The maximum atomic E-state index is 13.0. The molecule has 27 heavy (non-hydrogen) atoms. The molecule has 0 aromatic heterocycles. The number of ether oxygens (including phenoxy) is 1. The normalized spacial score (nSPS) is 14.0. The van der Waals surface area contributed by atoms with Crippen LogP contribution < -0.4 is 15.8 Å². The van der Waals surface area contributed by atoms with E-state index in [4.69, 9.17) is 10.5 Å². The zero-order chi connectivity index (χ0) is 20.0. The van der Waals surface area contributed by atoms with Gasteiger partial charge in [-0.15, -0.1) is 12.4 Å². The van der Waals surface area contributed by atoms with Gasteiger partial charge in [0.1, 0.15) is 21.7 Å². The lowest BCUT2D eigenvalue weighted by Gasteiger charge is -2.22. The molecule has 3 N–H and O–H groups in total. The number of carbonyl (C=O) groups is 1. The molecule has 1 aromatic carbocycles. The maximum Gasteiger partial charge on any atom is 0.419 e. The highest BCUT2D eigenvalue weighted by Crippen LogP contribution is 2.36. The molecule has 0 aliphatic carbocycles. The quantitative estimate of drug-likeness (QED) is 0.623. The molecule has 0 aliphatic rings. The van der Waals surface area contributed by atoms with E-state index in [0.29, 0.717) is 6.42 Å². The number of halogens is 4. The molecule has 2 atom stereocenters. The number of amides is 1. The fourth-order valence-electron chi connectivity index (χ4n) is 2.07. The van der Waals surface area contributed by atoms with Gasteiger partial charge in [0.25, 0.3) is 0 Å². The number of nitrogens with two attached hydrogens (primary N) is 1. The Morgan fingerprint density at radius 2 is 1.89 bits per heavy atom. The molecule has 11 heteroatoms. The van der Waals surface area contributed by atoms with Crippen LogP contribution in [-0.2, 0) is 20.8 Å². The molecule has 0 saturated heterocycles. The van der Waals surface area contributed by atoms with Crippen LogP contribution in [0.2, 0.25) is 0 Å². The van der Waals surface area contributed by atoms with Crippen LogP contribution in [0.3, 0.4) is 0 Å². The summed E-state index contributed by atoms with van der Waals surface area (Å²) in [4.78, 5) is 11.9. The van der Waals surface area contributed by atoms with E-state index in [1.807, 2.05) is 0 Å². The van der Waals surface area contributed by atoms with Gasteiger partial charge in [0, 0.05) is 6.26 Å². The molecule has 0 heterocycles. The van der Waals surface area contributed by atoms with Gasteiger partial charge in [-0.25, -0.2) is 8.42 Å². The standard InChI is InChI=1S/C16H23F3N2O4S.ClH/c1-3-11(10-21-15(22)13(20)8-9-26(2,23)24)25-14-7-5-4-6-12(14)16(17,18)19;/h4-7,11,13H,3,8-10,20H2,1-2H3,(H,21,22);1H. The summed E-state index contributed by atoms with van der Waals surface area (Å²) in [5.41, 5.74) is 4.73. The van der Waals surface area contributed by atoms with E-state index in [-0.39, 0.29) is 36.9 Å². The molecule has 0 aliphatic heterocycles. The van der Waals surface area contributed by atoms with Crippen molar-refractivity contribution in [2.75, 3.05) is 18.6 Å². The first kappa shape index (κ1) is 25.5. The minimum atomic E-state index is -4.55. The van der Waals surface area contributed by atoms with Crippen molar-refractivity contribution in [2.24, 2.45) is 5.73 Å². The van der Waals surface area contributed by atoms with Crippen LogP contribution in [0.1, 0.15) is 25.3 Å². The van der Waals surface area contributed by atoms with Crippen LogP contribution in [0.5, 0.6) is 5.75 Å². The Bertz CT molecular complexity index is 714. The lowest BCUT2D eigenvalue weighted by molar-refractivity contribution is -0.139. The van der Waals surface area contributed by atoms with E-state index < -0.39 is 39.6 Å². The first-order valence-corrected chi connectivity index (χ1v) is 10.0. The number of benzene rings is 1. The van der Waals surface area contributed by atoms with Crippen molar-refractivity contribution in [3.63, 3.8) is 0 Å². The summed E-state index contributed by atoms with van der Waals surface area (Å²) in [6.07, 6.45) is -3.89. The Morgan fingerprint density at radius 3 is 2.41 bits per heavy atom. The summed E-state index contributed by atoms with van der Waals surface area (Å²) < 4.78 is 66.5. The second-order valence-corrected chi connectivity index (χ2v) is 8.17. The number of nitrogens with one attached hydrogen (secondary N) is 1. The Labute approximate surface area is 163 Å². The van der Waals surface area contributed by atoms with Gasteiger partial charge in [-0.3, -0.25) is 4.79 Å². The zero-order valence-corrected chi connectivity index (χ0v) is 16.6. The lowest BCUT2D eigenvalue weighted by atomic mass is 10.2. The topological polar surface area (TPSA) is 98.5 Å². The summed E-state index contributed by atoms with van der Waals surface area (Å²) in [5, 5.41) is 2.48. The average molecular weight is 433 g/mol. The largest absolute Gasteiger partial charge is 0.488 e. The molecular formula is C16H24ClF3N2O4S. The van der Waals surface area contributed by atoms with Gasteiger partial charge in [0.15, 0.2) is 0 Å². The van der Waals surface area contributed by atoms with Crippen LogP contribution in [0.15, 0.2) is 24.3 Å². The fraction of sp³-hybridized carbons (Fsp3) is 0.562. The third-order valence-corrected chi connectivity index (χ3v) is 4.56. The van der Waals surface area contributed by atoms with Crippen molar-refractivity contribution < 1.29 is 31.1 Å². The van der Waals surface area contributed by atoms with Gasteiger partial charge in [0.05, 0.1) is 23.9 Å². The lowest BCUT2D eigenvalue weighted by Crippen LogP contribution is -2.45. The van der Waals surface area contributed by atoms with Gasteiger partial charge < -0.3 is 15.8 Å². The molecule has 2 unspecified atom stereocenters. The van der Waals surface area contributed by atoms with Crippen molar-refractivity contribution in [3.8, 4) is 5.75 Å². The molecule has 0 bridgehead atoms. The number of hydrogen-bond donors (Lipinski definition) is 2. The van der Waals surface area contributed by atoms with Crippen LogP contribution in [0.25, 0.3) is 0 Å². The van der Waals surface area contributed by atoms with E-state index in [1.165, 1.54) is 18.2 Å². The summed E-state index contributed by atoms with van der Waals surface area (Å²) in [5.74, 6) is -1.13. The Balaban J connectivity index is 0.00000676. The summed E-state index contributed by atoms with van der Waals surface area (Å²) in [6, 6.07) is 3.80. The van der Waals surface area contributed by atoms with E-state index in [9.17, 15) is 26.4 Å². The molecule has 0 saturated carbocycles. The SMILES string of the molecule is CCC(CNC(=O)C(N)CCS(C)(=O)=O)Oc1ccccc1C(F)(F)F.Cl. The Kier molecular flexibility index (Phi) is 10.1. The second-order valence-electron chi connectivity index (χ2n) is 5.91. The van der Waals surface area contributed by atoms with E-state index in [1.54, 1.807) is 6.92 Å². The molecule has 1 rings (SSSR count). The first-order chi connectivity index (χ1) is 11.9. The highest BCUT2D eigenvalue weighted by molar-refractivity contribution is 7.90. The molecular weight excluding hydrogens is 409 g/mol. The van der Waals surface area contributed by atoms with Crippen molar-refractivity contribution in [3.05, 3.63) is 29.8 Å². The summed E-state index contributed by atoms with van der Waals surface area (Å²) in [7, 11) is -3.24. The van der Waals surface area contributed by atoms with E-state index in [0.717, 1.165) is 12.3 Å². The number of alkyl halides is 3. The second kappa shape index (κ2) is 10.7. The van der Waals surface area contributed by atoms with Gasteiger partial charge in [-0.05, 0) is 25.0 Å². The van der Waals surface area contributed by atoms with Crippen LogP contribution in [0, 0.1) is 0 Å². The number of rotatable bonds is 9. The van der Waals surface area contributed by atoms with Crippen molar-refractivity contribution in [1.82, 2.24) is 5.32 Å². The summed E-state index contributed by atoms with van der Waals surface area (Å²) in [6.45, 7) is 1.66. The monoisotopic (exact) mass is 432 g/mol. The van der Waals surface area contributed by atoms with Crippen molar-refractivity contribution in [1.29, 1.82) is 0 Å². The van der Waals surface area contributed by atoms with Gasteiger partial charge in [-0.1, -0.05) is 19.1 Å². The van der Waals surface area contributed by atoms with Crippen molar-refractivity contribution in [2.45, 2.75) is 38.1 Å². The predicted molar refractivity (Wildman–Crippen MR) is 98.7 cm³/mol. The zero-order valence-electron chi connectivity index (χ0n) is 15.0. The number of para-hydroxylation sites is 1. The van der Waals surface area contributed by atoms with Crippen LogP contribution >= 0.6 is 12.4 Å². The molecule has 0 spiro atoms. The number of carbonyl (C=O) groups excluding carboxylic acids is 1.